The summed E-state index contributed by atoms with van der Waals surface area (Å²) in [7, 11) is 0. The molecule has 9 nitrogen and oxygen atoms in total. The van der Waals surface area contributed by atoms with Gasteiger partial charge in [-0.15, -0.1) is 0 Å². The Hall–Kier alpha value is -3.10. The van der Waals surface area contributed by atoms with E-state index in [-0.39, 0.29) is 5.92 Å². The first kappa shape index (κ1) is 18.7. The third-order valence-electron chi connectivity index (χ3n) is 6.56. The zero-order chi connectivity index (χ0) is 20.8. The van der Waals surface area contributed by atoms with E-state index in [1.807, 2.05) is 11.0 Å². The maximum atomic E-state index is 12.9. The van der Waals surface area contributed by atoms with E-state index >= 15 is 0 Å². The highest BCUT2D eigenvalue weighted by atomic mass is 16.2. The van der Waals surface area contributed by atoms with Gasteiger partial charge in [0.05, 0.1) is 12.1 Å². The number of H-pyrrole nitrogens is 1. The zero-order valence-corrected chi connectivity index (χ0v) is 17.5. The maximum Gasteiger partial charge on any atom is 0.227 e. The van der Waals surface area contributed by atoms with Crippen molar-refractivity contribution in [3.8, 4) is 11.5 Å². The van der Waals surface area contributed by atoms with Gasteiger partial charge in [-0.1, -0.05) is 0 Å². The summed E-state index contributed by atoms with van der Waals surface area (Å²) in [5.74, 6) is 3.04. The number of hydrogen-bond donors (Lipinski definition) is 1. The fraction of sp³-hybridized carbons (Fsp3) is 0.545. The SMILES string of the molecule is O=C(C1CCCN(c2ncc3[nH]c(-c4ccnc(C5CC5)n4)nc3n2)C1)N1CCCC1. The number of nitrogens with zero attached hydrogens (tertiary/aromatic N) is 7. The van der Waals surface area contributed by atoms with Gasteiger partial charge >= 0.3 is 0 Å². The summed E-state index contributed by atoms with van der Waals surface area (Å²) in [6.45, 7) is 3.34. The Morgan fingerprint density at radius 3 is 2.71 bits per heavy atom. The molecule has 1 atom stereocenters. The van der Waals surface area contributed by atoms with E-state index in [9.17, 15) is 4.79 Å². The summed E-state index contributed by atoms with van der Waals surface area (Å²) < 4.78 is 0. The van der Waals surface area contributed by atoms with E-state index < -0.39 is 0 Å². The Labute approximate surface area is 180 Å². The minimum Gasteiger partial charge on any atom is -0.342 e. The Balaban J connectivity index is 1.23. The number of hydrogen-bond acceptors (Lipinski definition) is 7. The molecule has 160 valence electrons. The van der Waals surface area contributed by atoms with Gasteiger partial charge in [0.25, 0.3) is 0 Å². The van der Waals surface area contributed by atoms with Gasteiger partial charge in [-0.2, -0.15) is 4.98 Å². The minimum atomic E-state index is 0.0303. The van der Waals surface area contributed by atoms with Crippen LogP contribution in [0.5, 0.6) is 0 Å². The standard InChI is InChI=1S/C22H26N8O/c31-21(29-9-1-2-10-29)15-4-3-11-30(13-15)22-24-12-17-20(28-22)27-19(26-17)16-7-8-23-18(25-16)14-5-6-14/h7-8,12,14-15H,1-6,9-11,13H2,(H,24,26,27,28). The quantitative estimate of drug-likeness (QED) is 0.694. The van der Waals surface area contributed by atoms with Gasteiger partial charge in [-0.25, -0.2) is 19.9 Å². The lowest BCUT2D eigenvalue weighted by Gasteiger charge is -2.33. The molecule has 0 spiro atoms. The molecule has 1 unspecified atom stereocenters. The molecular formula is C22H26N8O. The van der Waals surface area contributed by atoms with Crippen LogP contribution in [-0.4, -0.2) is 66.9 Å². The molecule has 31 heavy (non-hydrogen) atoms. The molecule has 2 saturated heterocycles. The molecule has 9 heteroatoms. The number of fused-ring (bicyclic) bond motifs is 1. The number of aromatic nitrogens is 6. The molecule has 0 bridgehead atoms. The van der Waals surface area contributed by atoms with Crippen molar-refractivity contribution in [1.82, 2.24) is 34.8 Å². The van der Waals surface area contributed by atoms with Crippen molar-refractivity contribution in [2.24, 2.45) is 5.92 Å². The van der Waals surface area contributed by atoms with Crippen LogP contribution in [0, 0.1) is 5.92 Å². The molecule has 3 aromatic rings. The molecule has 1 saturated carbocycles. The van der Waals surface area contributed by atoms with Gasteiger partial charge in [-0.3, -0.25) is 4.79 Å². The summed E-state index contributed by atoms with van der Waals surface area (Å²) >= 11 is 0. The molecule has 1 N–H and O–H groups in total. The minimum absolute atomic E-state index is 0.0303. The molecular weight excluding hydrogens is 392 g/mol. The van der Waals surface area contributed by atoms with Crippen molar-refractivity contribution in [1.29, 1.82) is 0 Å². The van der Waals surface area contributed by atoms with E-state index in [2.05, 4.69) is 29.8 Å². The van der Waals surface area contributed by atoms with Crippen LogP contribution in [0.4, 0.5) is 5.95 Å². The molecule has 1 aliphatic carbocycles. The van der Waals surface area contributed by atoms with Gasteiger partial charge in [0.15, 0.2) is 11.5 Å². The third kappa shape index (κ3) is 3.62. The van der Waals surface area contributed by atoms with Gasteiger partial charge < -0.3 is 14.8 Å². The fourth-order valence-corrected chi connectivity index (χ4v) is 4.67. The second-order valence-corrected chi connectivity index (χ2v) is 8.88. The highest BCUT2D eigenvalue weighted by Gasteiger charge is 2.31. The van der Waals surface area contributed by atoms with E-state index in [0.717, 1.165) is 75.2 Å². The van der Waals surface area contributed by atoms with Crippen molar-refractivity contribution < 1.29 is 4.79 Å². The van der Waals surface area contributed by atoms with Gasteiger partial charge in [0.1, 0.15) is 17.0 Å². The van der Waals surface area contributed by atoms with E-state index in [1.54, 1.807) is 12.4 Å². The molecule has 6 rings (SSSR count). The number of rotatable bonds is 4. The number of piperidine rings is 1. The van der Waals surface area contributed by atoms with E-state index in [1.165, 1.54) is 0 Å². The molecule has 3 aromatic heterocycles. The van der Waals surface area contributed by atoms with Crippen LogP contribution in [0.3, 0.4) is 0 Å². The van der Waals surface area contributed by atoms with Gasteiger partial charge in [0, 0.05) is 38.3 Å². The number of nitrogens with one attached hydrogen (secondary N) is 1. The van der Waals surface area contributed by atoms with Crippen LogP contribution in [0.25, 0.3) is 22.7 Å². The van der Waals surface area contributed by atoms with Crippen LogP contribution >= 0.6 is 0 Å². The van der Waals surface area contributed by atoms with Crippen molar-refractivity contribution >= 4 is 23.0 Å². The van der Waals surface area contributed by atoms with Crippen molar-refractivity contribution in [3.63, 3.8) is 0 Å². The van der Waals surface area contributed by atoms with E-state index in [0.29, 0.717) is 35.8 Å². The Bertz CT molecular complexity index is 1120. The number of imidazole rings is 1. The predicted octanol–water partition coefficient (Wildman–Crippen LogP) is 2.53. The summed E-state index contributed by atoms with van der Waals surface area (Å²) in [4.78, 5) is 43.3. The molecule has 1 amide bonds. The third-order valence-corrected chi connectivity index (χ3v) is 6.56. The second-order valence-electron chi connectivity index (χ2n) is 8.88. The number of anilines is 1. The molecule has 2 aliphatic heterocycles. The lowest BCUT2D eigenvalue weighted by Crippen LogP contribution is -2.44. The normalized spacial score (nSPS) is 21.7. The van der Waals surface area contributed by atoms with Gasteiger partial charge in [0.2, 0.25) is 11.9 Å². The number of carbonyl (C=O) groups is 1. The largest absolute Gasteiger partial charge is 0.342 e. The average molecular weight is 419 g/mol. The number of amides is 1. The fourth-order valence-electron chi connectivity index (χ4n) is 4.67. The van der Waals surface area contributed by atoms with Crippen LogP contribution in [0.2, 0.25) is 0 Å². The van der Waals surface area contributed by atoms with Crippen molar-refractivity contribution in [2.45, 2.75) is 44.4 Å². The highest BCUT2D eigenvalue weighted by molar-refractivity contribution is 5.80. The molecule has 3 fully saturated rings. The van der Waals surface area contributed by atoms with Gasteiger partial charge in [-0.05, 0) is 44.6 Å². The highest BCUT2D eigenvalue weighted by Crippen LogP contribution is 2.38. The van der Waals surface area contributed by atoms with Crippen molar-refractivity contribution in [2.75, 3.05) is 31.1 Å². The summed E-state index contributed by atoms with van der Waals surface area (Å²) in [6.07, 6.45) is 10.1. The number of likely N-dealkylation sites (tertiary alicyclic amines) is 1. The van der Waals surface area contributed by atoms with Crippen LogP contribution in [-0.2, 0) is 4.79 Å². The Morgan fingerprint density at radius 2 is 1.87 bits per heavy atom. The van der Waals surface area contributed by atoms with Crippen LogP contribution in [0.15, 0.2) is 18.5 Å². The monoisotopic (exact) mass is 418 g/mol. The molecule has 0 aromatic carbocycles. The van der Waals surface area contributed by atoms with Crippen LogP contribution < -0.4 is 4.90 Å². The lowest BCUT2D eigenvalue weighted by molar-refractivity contribution is -0.134. The average Bonchev–Trinajstić information content (AvgIpc) is 3.35. The summed E-state index contributed by atoms with van der Waals surface area (Å²) in [5.41, 5.74) is 2.19. The second kappa shape index (κ2) is 7.55. The van der Waals surface area contributed by atoms with Crippen LogP contribution in [0.1, 0.15) is 50.3 Å². The molecule has 3 aliphatic rings. The topological polar surface area (TPSA) is 104 Å². The Morgan fingerprint density at radius 1 is 1.00 bits per heavy atom. The Kier molecular flexibility index (Phi) is 4.54. The lowest BCUT2D eigenvalue weighted by atomic mass is 9.97. The molecule has 5 heterocycles. The first-order valence-corrected chi connectivity index (χ1v) is 11.3. The maximum absolute atomic E-state index is 12.9. The van der Waals surface area contributed by atoms with Crippen molar-refractivity contribution in [3.05, 3.63) is 24.3 Å². The first-order valence-electron chi connectivity index (χ1n) is 11.3. The zero-order valence-electron chi connectivity index (χ0n) is 17.5. The summed E-state index contributed by atoms with van der Waals surface area (Å²) in [6, 6.07) is 1.87. The van der Waals surface area contributed by atoms with E-state index in [4.69, 9.17) is 4.98 Å². The predicted molar refractivity (Wildman–Crippen MR) is 115 cm³/mol. The smallest absolute Gasteiger partial charge is 0.227 e. The number of carbonyl (C=O) groups excluding carboxylic acids is 1. The molecule has 0 radical (unpaired) electrons. The first-order chi connectivity index (χ1) is 15.2. The number of aromatic amines is 1. The summed E-state index contributed by atoms with van der Waals surface area (Å²) in [5, 5.41) is 0.